The second-order valence-corrected chi connectivity index (χ2v) is 6.90. The lowest BCUT2D eigenvalue weighted by Crippen LogP contribution is -2.34. The van der Waals surface area contributed by atoms with Crippen molar-refractivity contribution in [2.75, 3.05) is 5.32 Å². The number of rotatable bonds is 2. The molecule has 0 fully saturated rings. The van der Waals surface area contributed by atoms with Crippen molar-refractivity contribution in [2.24, 2.45) is 0 Å². The number of aryl methyl sites for hydroxylation is 1. The zero-order valence-corrected chi connectivity index (χ0v) is 15.6. The molecular weight excluding hydrogens is 421 g/mol. The van der Waals surface area contributed by atoms with Crippen molar-refractivity contribution in [3.05, 3.63) is 48.2 Å². The topological polar surface area (TPSA) is 95.2 Å². The van der Waals surface area contributed by atoms with Crippen molar-refractivity contribution in [1.29, 1.82) is 0 Å². The van der Waals surface area contributed by atoms with Gasteiger partial charge in [0.25, 0.3) is 0 Å². The van der Waals surface area contributed by atoms with Gasteiger partial charge in [-0.2, -0.15) is 27.1 Å². The number of imidazole rings is 1. The van der Waals surface area contributed by atoms with Gasteiger partial charge in [0.05, 0.1) is 23.1 Å². The summed E-state index contributed by atoms with van der Waals surface area (Å²) in [6, 6.07) is 5.05. The van der Waals surface area contributed by atoms with E-state index in [-0.39, 0.29) is 11.5 Å². The molecule has 4 aromatic heterocycles. The molecule has 0 saturated heterocycles. The van der Waals surface area contributed by atoms with E-state index in [1.165, 1.54) is 13.1 Å². The average molecular weight is 433 g/mol. The predicted octanol–water partition coefficient (Wildman–Crippen LogP) is 4.94. The number of nitrogens with zero attached hydrogens (tertiary/aromatic N) is 4. The van der Waals surface area contributed by atoms with Crippen LogP contribution in [0, 0.1) is 6.92 Å². The standard InChI is InChI=1S/C19H12F5N7/c1-8-12(15(31-30-8)18(20,21)19(22,23)24)17-28-13-9-4-6-25-7-11(9)27-16-10(14(13)29-17)3-2-5-26-16/h2-7H,1H3,(H,26,27)(H,28,29)(H,30,31). The van der Waals surface area contributed by atoms with Gasteiger partial charge < -0.3 is 10.3 Å². The van der Waals surface area contributed by atoms with Gasteiger partial charge in [-0.15, -0.1) is 0 Å². The van der Waals surface area contributed by atoms with Gasteiger partial charge in [-0.25, -0.2) is 9.97 Å². The molecule has 0 atom stereocenters. The molecule has 3 N–H and O–H groups in total. The minimum atomic E-state index is -5.81. The van der Waals surface area contributed by atoms with Gasteiger partial charge in [0.1, 0.15) is 17.3 Å². The molecule has 4 aromatic rings. The van der Waals surface area contributed by atoms with Crippen LogP contribution < -0.4 is 5.32 Å². The van der Waals surface area contributed by atoms with Gasteiger partial charge >= 0.3 is 12.1 Å². The fourth-order valence-electron chi connectivity index (χ4n) is 3.50. The summed E-state index contributed by atoms with van der Waals surface area (Å²) in [5.41, 5.74) is 0.619. The Morgan fingerprint density at radius 3 is 2.58 bits per heavy atom. The third kappa shape index (κ3) is 2.78. The first-order valence-electron chi connectivity index (χ1n) is 8.95. The van der Waals surface area contributed by atoms with Crippen LogP contribution in [-0.4, -0.2) is 36.3 Å². The Balaban J connectivity index is 1.78. The molecule has 0 aliphatic carbocycles. The maximum atomic E-state index is 14.2. The van der Waals surface area contributed by atoms with Gasteiger partial charge in [-0.1, -0.05) is 0 Å². The first-order chi connectivity index (χ1) is 14.7. The molecule has 0 amide bonds. The van der Waals surface area contributed by atoms with Crippen LogP contribution in [0.1, 0.15) is 11.4 Å². The minimum absolute atomic E-state index is 0.0160. The molecule has 12 heteroatoms. The summed E-state index contributed by atoms with van der Waals surface area (Å²) >= 11 is 0. The van der Waals surface area contributed by atoms with Crippen LogP contribution in [0.2, 0.25) is 0 Å². The summed E-state index contributed by atoms with van der Waals surface area (Å²) in [5, 5.41) is 8.61. The number of hydrogen-bond donors (Lipinski definition) is 3. The molecule has 0 aromatic carbocycles. The molecular formula is C19H12F5N7. The maximum Gasteiger partial charge on any atom is 0.459 e. The average Bonchev–Trinajstić information content (AvgIpc) is 3.29. The van der Waals surface area contributed by atoms with Crippen molar-refractivity contribution in [3.63, 3.8) is 0 Å². The maximum absolute atomic E-state index is 14.2. The molecule has 0 bridgehead atoms. The second kappa shape index (κ2) is 6.33. The molecule has 0 unspecified atom stereocenters. The Bertz CT molecular complexity index is 1240. The molecule has 5 heterocycles. The fraction of sp³-hybridized carbons (Fsp3) is 0.158. The Labute approximate surface area is 170 Å². The SMILES string of the molecule is Cc1[nH]nc(C(F)(F)C(F)(F)F)c1-c1nc2c([nH]1)-c1ccncc1Nc1ncccc1-2. The smallest absolute Gasteiger partial charge is 0.338 e. The van der Waals surface area contributed by atoms with Gasteiger partial charge in [0.15, 0.2) is 5.69 Å². The molecule has 7 nitrogen and oxygen atoms in total. The molecule has 0 radical (unpaired) electrons. The summed E-state index contributed by atoms with van der Waals surface area (Å²) < 4.78 is 67.5. The van der Waals surface area contributed by atoms with E-state index in [2.05, 4.69) is 35.5 Å². The predicted molar refractivity (Wildman–Crippen MR) is 101 cm³/mol. The number of halogens is 5. The highest BCUT2D eigenvalue weighted by Gasteiger charge is 2.61. The highest BCUT2D eigenvalue weighted by atomic mass is 19.4. The highest BCUT2D eigenvalue weighted by molar-refractivity contribution is 5.95. The first-order valence-corrected chi connectivity index (χ1v) is 8.95. The van der Waals surface area contributed by atoms with E-state index in [0.29, 0.717) is 34.0 Å². The summed E-state index contributed by atoms with van der Waals surface area (Å²) in [7, 11) is 0. The number of alkyl halides is 5. The largest absolute Gasteiger partial charge is 0.459 e. The molecule has 0 spiro atoms. The number of H-pyrrole nitrogens is 2. The third-order valence-electron chi connectivity index (χ3n) is 4.95. The molecule has 31 heavy (non-hydrogen) atoms. The van der Waals surface area contributed by atoms with Gasteiger partial charge in [-0.05, 0) is 25.1 Å². The van der Waals surface area contributed by atoms with Crippen LogP contribution in [0.25, 0.3) is 33.9 Å². The van der Waals surface area contributed by atoms with Gasteiger partial charge in [0, 0.05) is 29.2 Å². The number of hydrogen-bond acceptors (Lipinski definition) is 5. The zero-order valence-electron chi connectivity index (χ0n) is 15.6. The van der Waals surface area contributed by atoms with E-state index in [4.69, 9.17) is 0 Å². The lowest BCUT2D eigenvalue weighted by Gasteiger charge is -2.18. The zero-order chi connectivity index (χ0) is 22.0. The number of fused-ring (bicyclic) bond motifs is 5. The molecule has 0 saturated carbocycles. The van der Waals surface area contributed by atoms with Crippen molar-refractivity contribution in [2.45, 2.75) is 19.0 Å². The van der Waals surface area contributed by atoms with E-state index in [1.54, 1.807) is 30.6 Å². The number of aromatic nitrogens is 6. The second-order valence-electron chi connectivity index (χ2n) is 6.90. The van der Waals surface area contributed by atoms with Crippen LogP contribution in [0.4, 0.5) is 33.5 Å². The Kier molecular flexibility index (Phi) is 3.91. The van der Waals surface area contributed by atoms with Crippen LogP contribution in [-0.2, 0) is 5.92 Å². The number of aromatic amines is 2. The summed E-state index contributed by atoms with van der Waals surface area (Å²) in [5.74, 6) is -4.90. The lowest BCUT2D eigenvalue weighted by molar-refractivity contribution is -0.290. The minimum Gasteiger partial charge on any atom is -0.338 e. The Morgan fingerprint density at radius 2 is 1.81 bits per heavy atom. The van der Waals surface area contributed by atoms with Crippen LogP contribution >= 0.6 is 0 Å². The van der Waals surface area contributed by atoms with E-state index in [1.807, 2.05) is 0 Å². The third-order valence-corrected chi connectivity index (χ3v) is 4.95. The lowest BCUT2D eigenvalue weighted by atomic mass is 10.1. The van der Waals surface area contributed by atoms with Crippen molar-refractivity contribution >= 4 is 11.5 Å². The van der Waals surface area contributed by atoms with Crippen molar-refractivity contribution < 1.29 is 22.0 Å². The van der Waals surface area contributed by atoms with Gasteiger partial charge in [0.2, 0.25) is 0 Å². The van der Waals surface area contributed by atoms with Crippen LogP contribution in [0.3, 0.4) is 0 Å². The monoisotopic (exact) mass is 433 g/mol. The molecule has 1 aliphatic heterocycles. The molecule has 5 rings (SSSR count). The van der Waals surface area contributed by atoms with E-state index in [9.17, 15) is 22.0 Å². The fourth-order valence-corrected chi connectivity index (χ4v) is 3.50. The van der Waals surface area contributed by atoms with Gasteiger partial charge in [-0.3, -0.25) is 10.1 Å². The quantitative estimate of drug-likeness (QED) is 0.343. The van der Waals surface area contributed by atoms with Crippen molar-refractivity contribution in [3.8, 4) is 33.9 Å². The Hall–Kier alpha value is -3.83. The number of pyridine rings is 2. The molecule has 1 aliphatic rings. The van der Waals surface area contributed by atoms with Crippen LogP contribution in [0.5, 0.6) is 0 Å². The van der Waals surface area contributed by atoms with E-state index >= 15 is 0 Å². The first kappa shape index (κ1) is 19.2. The highest BCUT2D eigenvalue weighted by Crippen LogP contribution is 2.48. The summed E-state index contributed by atoms with van der Waals surface area (Å²) in [6.45, 7) is 1.35. The summed E-state index contributed by atoms with van der Waals surface area (Å²) in [4.78, 5) is 15.6. The normalized spacial score (nSPS) is 13.1. The molecule has 158 valence electrons. The van der Waals surface area contributed by atoms with Crippen LogP contribution in [0.15, 0.2) is 36.8 Å². The van der Waals surface area contributed by atoms with E-state index in [0.717, 1.165) is 0 Å². The number of anilines is 2. The van der Waals surface area contributed by atoms with Crippen molar-refractivity contribution in [1.82, 2.24) is 30.1 Å². The summed E-state index contributed by atoms with van der Waals surface area (Å²) in [6.07, 6.45) is -1.18. The Morgan fingerprint density at radius 1 is 1.00 bits per heavy atom. The number of nitrogens with one attached hydrogen (secondary N) is 3. The van der Waals surface area contributed by atoms with E-state index < -0.39 is 23.4 Å².